The van der Waals surface area contributed by atoms with Gasteiger partial charge in [-0.3, -0.25) is 0 Å². The maximum Gasteiger partial charge on any atom is -0.00898 e. The predicted molar refractivity (Wildman–Crippen MR) is 103 cm³/mol. The molecular weight excluding hydrogens is 288 g/mol. The molecule has 0 aliphatic heterocycles. The van der Waals surface area contributed by atoms with E-state index in [0.29, 0.717) is 35.5 Å². The Morgan fingerprint density at radius 1 is 0.625 bits per heavy atom. The van der Waals surface area contributed by atoms with Gasteiger partial charge in [-0.1, -0.05) is 97.2 Å². The number of hydrogen-bond donors (Lipinski definition) is 0. The third kappa shape index (κ3) is 2.65. The van der Waals surface area contributed by atoms with Crippen molar-refractivity contribution in [3.63, 3.8) is 0 Å². The summed E-state index contributed by atoms with van der Waals surface area (Å²) in [5.74, 6) is 3.51. The van der Waals surface area contributed by atoms with E-state index in [1.165, 1.54) is 11.1 Å². The molecule has 0 aromatic carbocycles. The van der Waals surface area contributed by atoms with Gasteiger partial charge in [0.2, 0.25) is 0 Å². The fourth-order valence-electron chi connectivity index (χ4n) is 5.01. The highest BCUT2D eigenvalue weighted by Gasteiger charge is 2.40. The molecule has 24 heavy (non-hydrogen) atoms. The lowest BCUT2D eigenvalue weighted by Crippen LogP contribution is -2.37. The van der Waals surface area contributed by atoms with Gasteiger partial charge in [0.05, 0.1) is 0 Å². The first kappa shape index (κ1) is 15.4. The Morgan fingerprint density at radius 2 is 1.04 bits per heavy atom. The fraction of sp³-hybridized carbons (Fsp3) is 0.333. The van der Waals surface area contributed by atoms with Gasteiger partial charge in [-0.2, -0.15) is 0 Å². The highest BCUT2D eigenvalue weighted by Crippen LogP contribution is 2.49. The van der Waals surface area contributed by atoms with Crippen LogP contribution in [0.3, 0.4) is 0 Å². The number of fused-ring (bicyclic) bond motifs is 2. The molecule has 0 saturated heterocycles. The van der Waals surface area contributed by atoms with Crippen molar-refractivity contribution in [2.24, 2.45) is 35.5 Å². The third-order valence-corrected chi connectivity index (χ3v) is 6.21. The molecule has 0 N–H and O–H groups in total. The van der Waals surface area contributed by atoms with Crippen LogP contribution in [0.15, 0.2) is 97.2 Å². The molecule has 0 aromatic heterocycles. The Hall–Kier alpha value is -2.08. The zero-order valence-electron chi connectivity index (χ0n) is 14.2. The van der Waals surface area contributed by atoms with E-state index in [2.05, 4.69) is 86.1 Å². The van der Waals surface area contributed by atoms with Crippen LogP contribution in [0, 0.1) is 35.5 Å². The summed E-state index contributed by atoms with van der Waals surface area (Å²) in [4.78, 5) is 0. The van der Waals surface area contributed by atoms with E-state index in [-0.39, 0.29) is 0 Å². The Bertz CT molecular complexity index is 644. The summed E-state index contributed by atoms with van der Waals surface area (Å²) >= 11 is 0. The van der Waals surface area contributed by atoms with E-state index in [0.717, 1.165) is 12.8 Å². The van der Waals surface area contributed by atoms with Crippen molar-refractivity contribution in [3.05, 3.63) is 97.2 Å². The molecule has 4 unspecified atom stereocenters. The number of hydrogen-bond acceptors (Lipinski definition) is 0. The molecule has 4 aliphatic rings. The van der Waals surface area contributed by atoms with Gasteiger partial charge in [0.15, 0.2) is 0 Å². The predicted octanol–water partition coefficient (Wildman–Crippen LogP) is 5.97. The van der Waals surface area contributed by atoms with Crippen LogP contribution in [-0.4, -0.2) is 0 Å². The number of allylic oxidation sites excluding steroid dienone is 14. The molecule has 0 amide bonds. The first-order valence-electron chi connectivity index (χ1n) is 9.16. The normalized spacial score (nSPS) is 39.5. The molecule has 0 fully saturated rings. The largest absolute Gasteiger partial charge is 0.0988 e. The molecule has 122 valence electrons. The van der Waals surface area contributed by atoms with Gasteiger partial charge in [-0.25, -0.2) is 0 Å². The van der Waals surface area contributed by atoms with Crippen molar-refractivity contribution in [2.45, 2.75) is 12.8 Å². The molecule has 0 radical (unpaired) electrons. The van der Waals surface area contributed by atoms with Gasteiger partial charge >= 0.3 is 0 Å². The van der Waals surface area contributed by atoms with Crippen molar-refractivity contribution in [1.29, 1.82) is 0 Å². The van der Waals surface area contributed by atoms with E-state index in [4.69, 9.17) is 0 Å². The highest BCUT2D eigenvalue weighted by atomic mass is 14.4. The molecule has 0 spiro atoms. The van der Waals surface area contributed by atoms with Crippen LogP contribution in [0.4, 0.5) is 0 Å². The standard InChI is InChI=1S/C24H26/c1-3-17-13-19-9-5-7-11-21(19)23(15-17)24-16-18(4-2)14-20-10-6-8-12-22(20)24/h3-12,15-16,19-24H,1-2,13-14H2/t19?,20?,21?,22?,23-,24-/m0/s1. The quantitative estimate of drug-likeness (QED) is 0.602. The minimum Gasteiger partial charge on any atom is -0.0988 e. The van der Waals surface area contributed by atoms with Crippen LogP contribution in [-0.2, 0) is 0 Å². The summed E-state index contributed by atoms with van der Waals surface area (Å²) in [7, 11) is 0. The van der Waals surface area contributed by atoms with E-state index in [1.54, 1.807) is 0 Å². The summed E-state index contributed by atoms with van der Waals surface area (Å²) in [6, 6.07) is 0. The summed E-state index contributed by atoms with van der Waals surface area (Å²) in [6.07, 6.45) is 29.9. The minimum atomic E-state index is 0.539. The lowest BCUT2D eigenvalue weighted by Gasteiger charge is -2.44. The maximum absolute atomic E-state index is 4.05. The van der Waals surface area contributed by atoms with Crippen LogP contribution in [0.1, 0.15) is 12.8 Å². The van der Waals surface area contributed by atoms with Crippen molar-refractivity contribution >= 4 is 0 Å². The molecule has 6 atom stereocenters. The molecule has 0 nitrogen and oxygen atoms in total. The molecule has 4 rings (SSSR count). The molecule has 0 heterocycles. The van der Waals surface area contributed by atoms with Gasteiger partial charge in [0.1, 0.15) is 0 Å². The maximum atomic E-state index is 4.05. The fourth-order valence-corrected chi connectivity index (χ4v) is 5.01. The van der Waals surface area contributed by atoms with Crippen LogP contribution in [0.25, 0.3) is 0 Å². The molecular formula is C24H26. The minimum absolute atomic E-state index is 0.539. The summed E-state index contributed by atoms with van der Waals surface area (Å²) < 4.78 is 0. The monoisotopic (exact) mass is 314 g/mol. The zero-order valence-corrected chi connectivity index (χ0v) is 14.2. The molecule has 4 aliphatic carbocycles. The van der Waals surface area contributed by atoms with Crippen LogP contribution in [0.2, 0.25) is 0 Å². The lowest BCUT2D eigenvalue weighted by molar-refractivity contribution is 0.212. The smallest absolute Gasteiger partial charge is 0.00898 e. The average molecular weight is 314 g/mol. The van der Waals surface area contributed by atoms with Crippen molar-refractivity contribution in [1.82, 2.24) is 0 Å². The van der Waals surface area contributed by atoms with E-state index in [1.807, 2.05) is 0 Å². The Labute approximate surface area is 146 Å². The average Bonchev–Trinajstić information content (AvgIpc) is 2.66. The van der Waals surface area contributed by atoms with Gasteiger partial charge in [0, 0.05) is 0 Å². The van der Waals surface area contributed by atoms with Crippen molar-refractivity contribution in [3.8, 4) is 0 Å². The van der Waals surface area contributed by atoms with Crippen LogP contribution < -0.4 is 0 Å². The van der Waals surface area contributed by atoms with E-state index < -0.39 is 0 Å². The van der Waals surface area contributed by atoms with Gasteiger partial charge in [-0.05, 0) is 48.3 Å². The Balaban J connectivity index is 1.76. The van der Waals surface area contributed by atoms with Crippen LogP contribution in [0.5, 0.6) is 0 Å². The van der Waals surface area contributed by atoms with E-state index in [9.17, 15) is 0 Å². The molecule has 0 aromatic rings. The molecule has 0 saturated carbocycles. The van der Waals surface area contributed by atoms with Crippen molar-refractivity contribution < 1.29 is 0 Å². The first-order chi connectivity index (χ1) is 11.8. The van der Waals surface area contributed by atoms with Crippen molar-refractivity contribution in [2.75, 3.05) is 0 Å². The topological polar surface area (TPSA) is 0 Å². The first-order valence-corrected chi connectivity index (χ1v) is 9.16. The van der Waals surface area contributed by atoms with Gasteiger partial charge in [-0.15, -0.1) is 0 Å². The van der Waals surface area contributed by atoms with Gasteiger partial charge in [0.25, 0.3) is 0 Å². The summed E-state index contributed by atoms with van der Waals surface area (Å²) in [5.41, 5.74) is 2.82. The summed E-state index contributed by atoms with van der Waals surface area (Å²) in [6.45, 7) is 8.09. The Morgan fingerprint density at radius 3 is 1.46 bits per heavy atom. The third-order valence-electron chi connectivity index (χ3n) is 6.21. The van der Waals surface area contributed by atoms with Gasteiger partial charge < -0.3 is 0 Å². The Kier molecular flexibility index (Phi) is 4.14. The highest BCUT2D eigenvalue weighted by molar-refractivity contribution is 5.34. The van der Waals surface area contributed by atoms with E-state index >= 15 is 0 Å². The molecule has 0 bridgehead atoms. The summed E-state index contributed by atoms with van der Waals surface area (Å²) in [5, 5.41) is 0. The second kappa shape index (κ2) is 6.43. The second-order valence-electron chi connectivity index (χ2n) is 7.48. The SMILES string of the molecule is C=CC1=C[C@H]([C@H]2C=C(C=C)CC3C=CC=CC32)C2C=CC=CC2C1. The lowest BCUT2D eigenvalue weighted by atomic mass is 9.60. The number of rotatable bonds is 3. The second-order valence-corrected chi connectivity index (χ2v) is 7.48. The van der Waals surface area contributed by atoms with Crippen LogP contribution >= 0.6 is 0 Å². The molecule has 0 heteroatoms. The zero-order chi connectivity index (χ0) is 16.5.